The van der Waals surface area contributed by atoms with Crippen LogP contribution in [0, 0.1) is 10.1 Å². The minimum Gasteiger partial charge on any atom is -0.469 e. The van der Waals surface area contributed by atoms with E-state index < -0.39 is 16.9 Å². The van der Waals surface area contributed by atoms with E-state index in [9.17, 15) is 19.7 Å². The van der Waals surface area contributed by atoms with Gasteiger partial charge in [-0.1, -0.05) is 12.1 Å². The maximum absolute atomic E-state index is 11.9. The van der Waals surface area contributed by atoms with Crippen LogP contribution in [0.1, 0.15) is 18.4 Å². The number of hydrazone groups is 1. The SMILES string of the molecule is COC(=O)CC/C(=N/Nc1ccccc1N=Cc1ccc([N+](=O)[O-])cc1)C(=O)OC. The molecular weight excluding hydrogens is 392 g/mol. The second-order valence-electron chi connectivity index (χ2n) is 5.86. The number of methoxy groups -OCH3 is 2. The maximum atomic E-state index is 11.9. The van der Waals surface area contributed by atoms with E-state index in [4.69, 9.17) is 0 Å². The van der Waals surface area contributed by atoms with Crippen LogP contribution in [0.15, 0.2) is 58.6 Å². The molecule has 2 rings (SSSR count). The summed E-state index contributed by atoms with van der Waals surface area (Å²) in [6.07, 6.45) is 1.57. The molecular formula is C20H20N4O6. The van der Waals surface area contributed by atoms with E-state index in [0.717, 1.165) is 0 Å². The molecule has 2 aromatic rings. The number of hydrogen-bond acceptors (Lipinski definition) is 9. The van der Waals surface area contributed by atoms with Crippen LogP contribution in [0.5, 0.6) is 0 Å². The molecule has 0 atom stereocenters. The number of aliphatic imine (C=N–C) groups is 1. The van der Waals surface area contributed by atoms with Crippen molar-refractivity contribution in [3.8, 4) is 0 Å². The van der Waals surface area contributed by atoms with Crippen molar-refractivity contribution in [3.63, 3.8) is 0 Å². The fourth-order valence-electron chi connectivity index (χ4n) is 2.28. The fourth-order valence-corrected chi connectivity index (χ4v) is 2.28. The molecule has 30 heavy (non-hydrogen) atoms. The number of nitro benzene ring substituents is 1. The third kappa shape index (κ3) is 6.51. The normalized spacial score (nSPS) is 11.2. The molecule has 1 N–H and O–H groups in total. The van der Waals surface area contributed by atoms with Crippen molar-refractivity contribution in [2.75, 3.05) is 19.6 Å². The van der Waals surface area contributed by atoms with Gasteiger partial charge in [0.25, 0.3) is 5.69 Å². The molecule has 0 heterocycles. The largest absolute Gasteiger partial charge is 0.469 e. The third-order valence-corrected chi connectivity index (χ3v) is 3.89. The molecule has 0 aliphatic heterocycles. The summed E-state index contributed by atoms with van der Waals surface area (Å²) in [5, 5.41) is 14.8. The Balaban J connectivity index is 2.18. The van der Waals surface area contributed by atoms with Crippen LogP contribution < -0.4 is 5.43 Å². The highest BCUT2D eigenvalue weighted by atomic mass is 16.6. The predicted octanol–water partition coefficient (Wildman–Crippen LogP) is 3.24. The average Bonchev–Trinajstić information content (AvgIpc) is 2.77. The van der Waals surface area contributed by atoms with Gasteiger partial charge in [-0.25, -0.2) is 4.79 Å². The molecule has 0 aliphatic carbocycles. The minimum atomic E-state index is -0.668. The van der Waals surface area contributed by atoms with Gasteiger partial charge in [0.15, 0.2) is 0 Å². The maximum Gasteiger partial charge on any atom is 0.354 e. The first-order valence-electron chi connectivity index (χ1n) is 8.80. The van der Waals surface area contributed by atoms with Crippen LogP contribution >= 0.6 is 0 Å². The summed E-state index contributed by atoms with van der Waals surface area (Å²) in [6, 6.07) is 12.9. The van der Waals surface area contributed by atoms with Gasteiger partial charge in [-0.2, -0.15) is 5.10 Å². The molecule has 0 spiro atoms. The molecule has 0 aromatic heterocycles. The van der Waals surface area contributed by atoms with E-state index in [1.165, 1.54) is 26.4 Å². The summed E-state index contributed by atoms with van der Waals surface area (Å²) in [6.45, 7) is 0. The predicted molar refractivity (Wildman–Crippen MR) is 111 cm³/mol. The van der Waals surface area contributed by atoms with Crippen molar-refractivity contribution in [1.29, 1.82) is 0 Å². The van der Waals surface area contributed by atoms with Gasteiger partial charge in [0.1, 0.15) is 5.71 Å². The van der Waals surface area contributed by atoms with Crippen LogP contribution in [-0.2, 0) is 19.1 Å². The molecule has 0 radical (unpaired) electrons. The van der Waals surface area contributed by atoms with Crippen LogP contribution in [-0.4, -0.2) is 43.0 Å². The van der Waals surface area contributed by atoms with Crippen molar-refractivity contribution in [2.45, 2.75) is 12.8 Å². The Hall–Kier alpha value is -4.08. The lowest BCUT2D eigenvalue weighted by molar-refractivity contribution is -0.384. The van der Waals surface area contributed by atoms with Gasteiger partial charge < -0.3 is 9.47 Å². The van der Waals surface area contributed by atoms with Gasteiger partial charge >= 0.3 is 11.9 Å². The number of carbonyl (C=O) groups is 2. The summed E-state index contributed by atoms with van der Waals surface area (Å²) in [5.74, 6) is -1.14. The number of nitrogens with zero attached hydrogens (tertiary/aromatic N) is 3. The minimum absolute atomic E-state index is 0.00847. The van der Waals surface area contributed by atoms with Gasteiger partial charge in [0, 0.05) is 24.8 Å². The van der Waals surface area contributed by atoms with Gasteiger partial charge in [0.2, 0.25) is 0 Å². The van der Waals surface area contributed by atoms with Crippen LogP contribution in [0.4, 0.5) is 17.1 Å². The highest BCUT2D eigenvalue weighted by Gasteiger charge is 2.15. The van der Waals surface area contributed by atoms with Gasteiger partial charge in [-0.05, 0) is 29.8 Å². The van der Waals surface area contributed by atoms with E-state index >= 15 is 0 Å². The molecule has 0 aliphatic rings. The first kappa shape index (κ1) is 22.2. The molecule has 0 saturated carbocycles. The zero-order valence-corrected chi connectivity index (χ0v) is 16.4. The molecule has 156 valence electrons. The standard InChI is InChI=1S/C20H20N4O6/c1-29-19(25)12-11-18(20(26)30-2)23-22-17-6-4-3-5-16(17)21-13-14-7-9-15(10-8-14)24(27)28/h3-10,13,22H,11-12H2,1-2H3/b21-13?,23-18-. The number of non-ortho nitro benzene ring substituents is 1. The Kier molecular flexibility index (Phi) is 8.18. The zero-order chi connectivity index (χ0) is 21.9. The van der Waals surface area contributed by atoms with Gasteiger partial charge in [0.05, 0.1) is 36.9 Å². The Morgan fingerprint density at radius 1 is 1.07 bits per heavy atom. The lowest BCUT2D eigenvalue weighted by Crippen LogP contribution is -2.19. The summed E-state index contributed by atoms with van der Waals surface area (Å²) < 4.78 is 9.26. The molecule has 0 saturated heterocycles. The molecule has 10 heteroatoms. The number of esters is 2. The number of anilines is 1. The van der Waals surface area contributed by atoms with E-state index in [-0.39, 0.29) is 24.2 Å². The van der Waals surface area contributed by atoms with Crippen molar-refractivity contribution >= 4 is 40.9 Å². The van der Waals surface area contributed by atoms with Gasteiger partial charge in [-0.3, -0.25) is 25.3 Å². The number of rotatable bonds is 9. The summed E-state index contributed by atoms with van der Waals surface area (Å²) in [5.41, 5.74) is 4.49. The van der Waals surface area contributed by atoms with E-state index in [1.54, 1.807) is 42.6 Å². The van der Waals surface area contributed by atoms with Crippen LogP contribution in [0.2, 0.25) is 0 Å². The highest BCUT2D eigenvalue weighted by molar-refractivity contribution is 6.36. The number of hydrogen-bond donors (Lipinski definition) is 1. The third-order valence-electron chi connectivity index (χ3n) is 3.89. The van der Waals surface area contributed by atoms with E-state index in [2.05, 4.69) is 25.0 Å². The highest BCUT2D eigenvalue weighted by Crippen LogP contribution is 2.24. The molecule has 0 fully saturated rings. The Labute approximate surface area is 172 Å². The zero-order valence-electron chi connectivity index (χ0n) is 16.4. The Morgan fingerprint density at radius 2 is 1.77 bits per heavy atom. The lowest BCUT2D eigenvalue weighted by atomic mass is 10.2. The van der Waals surface area contributed by atoms with Gasteiger partial charge in [-0.15, -0.1) is 0 Å². The smallest absolute Gasteiger partial charge is 0.354 e. The summed E-state index contributed by atoms with van der Waals surface area (Å²) in [7, 11) is 2.48. The molecule has 10 nitrogen and oxygen atoms in total. The van der Waals surface area contributed by atoms with Crippen molar-refractivity contribution in [1.82, 2.24) is 0 Å². The monoisotopic (exact) mass is 412 g/mol. The van der Waals surface area contributed by atoms with Crippen LogP contribution in [0.25, 0.3) is 0 Å². The van der Waals surface area contributed by atoms with Crippen LogP contribution in [0.3, 0.4) is 0 Å². The fraction of sp³-hybridized carbons (Fsp3) is 0.200. The number of benzene rings is 2. The topological polar surface area (TPSA) is 132 Å². The van der Waals surface area contributed by atoms with Crippen molar-refractivity contribution < 1.29 is 24.0 Å². The second-order valence-corrected chi connectivity index (χ2v) is 5.86. The van der Waals surface area contributed by atoms with E-state index in [0.29, 0.717) is 16.9 Å². The Morgan fingerprint density at radius 3 is 2.40 bits per heavy atom. The number of nitrogens with one attached hydrogen (secondary N) is 1. The number of ether oxygens (including phenoxy) is 2. The van der Waals surface area contributed by atoms with Crippen molar-refractivity contribution in [3.05, 3.63) is 64.2 Å². The summed E-state index contributed by atoms with van der Waals surface area (Å²) >= 11 is 0. The quantitative estimate of drug-likeness (QED) is 0.289. The first-order chi connectivity index (χ1) is 14.4. The molecule has 0 amide bonds. The average molecular weight is 412 g/mol. The van der Waals surface area contributed by atoms with Crippen molar-refractivity contribution in [2.24, 2.45) is 10.1 Å². The lowest BCUT2D eigenvalue weighted by Gasteiger charge is -2.07. The van der Waals surface area contributed by atoms with E-state index in [1.807, 2.05) is 0 Å². The summed E-state index contributed by atoms with van der Waals surface area (Å²) in [4.78, 5) is 37.8. The second kappa shape index (κ2) is 11.1. The molecule has 0 unspecified atom stereocenters. The first-order valence-corrected chi connectivity index (χ1v) is 8.80. The number of para-hydroxylation sites is 2. The molecule has 2 aromatic carbocycles. The Bertz CT molecular complexity index is 970. The number of nitro groups is 1. The number of carbonyl (C=O) groups excluding carboxylic acids is 2. The molecule has 0 bridgehead atoms.